The van der Waals surface area contributed by atoms with Crippen molar-refractivity contribution < 1.29 is 21.6 Å². The number of alkyl halides is 3. The first-order chi connectivity index (χ1) is 14.5. The van der Waals surface area contributed by atoms with Crippen LogP contribution in [0.2, 0.25) is 0 Å². The van der Waals surface area contributed by atoms with Crippen LogP contribution in [0.25, 0.3) is 33.2 Å². The highest BCUT2D eigenvalue weighted by Gasteiger charge is 2.33. The Bertz CT molecular complexity index is 1410. The van der Waals surface area contributed by atoms with Gasteiger partial charge in [0.2, 0.25) is 0 Å². The number of rotatable bonds is 3. The van der Waals surface area contributed by atoms with Gasteiger partial charge in [0.15, 0.2) is 9.84 Å². The molecule has 0 aliphatic heterocycles. The van der Waals surface area contributed by atoms with Crippen LogP contribution in [-0.4, -0.2) is 19.7 Å². The number of nitrogens with zero attached hydrogens (tertiary/aromatic N) is 1. The molecule has 0 atom stereocenters. The number of hydrogen-bond donors (Lipinski definition) is 0. The second kappa shape index (κ2) is 7.50. The van der Waals surface area contributed by atoms with Crippen LogP contribution >= 0.6 is 0 Å². The summed E-state index contributed by atoms with van der Waals surface area (Å²) in [4.78, 5) is 4.36. The van der Waals surface area contributed by atoms with Gasteiger partial charge in [-0.05, 0) is 59.5 Å². The first-order valence-corrected chi connectivity index (χ1v) is 11.3. The Kier molecular flexibility index (Phi) is 5.09. The van der Waals surface area contributed by atoms with Crippen LogP contribution in [0.1, 0.15) is 11.3 Å². The van der Waals surface area contributed by atoms with Gasteiger partial charge in [0.1, 0.15) is 0 Å². The van der Waals surface area contributed by atoms with Crippen LogP contribution in [0.3, 0.4) is 0 Å². The molecule has 0 amide bonds. The van der Waals surface area contributed by atoms with E-state index in [1.165, 1.54) is 12.1 Å². The van der Waals surface area contributed by atoms with E-state index in [2.05, 4.69) is 4.98 Å². The molecule has 0 fully saturated rings. The number of fused-ring (bicyclic) bond motifs is 1. The van der Waals surface area contributed by atoms with Crippen LogP contribution in [0, 0.1) is 6.92 Å². The van der Waals surface area contributed by atoms with Gasteiger partial charge in [0, 0.05) is 17.3 Å². The molecule has 7 heteroatoms. The van der Waals surface area contributed by atoms with Crippen LogP contribution in [0.4, 0.5) is 13.2 Å². The number of para-hydroxylation sites is 1. The van der Waals surface area contributed by atoms with Gasteiger partial charge in [-0.15, -0.1) is 0 Å². The molecule has 3 aromatic carbocycles. The number of aromatic nitrogens is 1. The molecule has 1 aromatic heterocycles. The highest BCUT2D eigenvalue weighted by Crippen LogP contribution is 2.38. The van der Waals surface area contributed by atoms with Crippen molar-refractivity contribution in [3.8, 4) is 22.3 Å². The molecule has 4 aromatic rings. The van der Waals surface area contributed by atoms with Crippen LogP contribution < -0.4 is 0 Å². The maximum absolute atomic E-state index is 13.5. The topological polar surface area (TPSA) is 47.0 Å². The van der Waals surface area contributed by atoms with E-state index < -0.39 is 21.6 Å². The van der Waals surface area contributed by atoms with Crippen molar-refractivity contribution in [1.29, 1.82) is 0 Å². The van der Waals surface area contributed by atoms with Gasteiger partial charge in [0.25, 0.3) is 0 Å². The lowest BCUT2D eigenvalue weighted by atomic mass is 9.95. The van der Waals surface area contributed by atoms with Crippen molar-refractivity contribution in [2.45, 2.75) is 18.0 Å². The number of benzene rings is 3. The molecule has 0 N–H and O–H groups in total. The van der Waals surface area contributed by atoms with E-state index in [-0.39, 0.29) is 10.4 Å². The summed E-state index contributed by atoms with van der Waals surface area (Å²) >= 11 is 0. The normalized spacial score (nSPS) is 12.3. The zero-order chi connectivity index (χ0) is 22.4. The monoisotopic (exact) mass is 441 g/mol. The van der Waals surface area contributed by atoms with Crippen molar-refractivity contribution in [2.75, 3.05) is 6.26 Å². The lowest BCUT2D eigenvalue weighted by molar-refractivity contribution is -0.136. The predicted octanol–water partition coefficient (Wildman–Crippen LogP) is 6.30. The lowest BCUT2D eigenvalue weighted by Gasteiger charge is -2.14. The number of halogens is 3. The number of aryl methyl sites for hydroxylation is 1. The second-order valence-corrected chi connectivity index (χ2v) is 9.41. The van der Waals surface area contributed by atoms with Crippen LogP contribution in [-0.2, 0) is 16.0 Å². The minimum absolute atomic E-state index is 0.0884. The Morgan fingerprint density at radius 1 is 0.806 bits per heavy atom. The smallest absolute Gasteiger partial charge is 0.252 e. The minimum atomic E-state index is -4.51. The third kappa shape index (κ3) is 4.18. The van der Waals surface area contributed by atoms with Crippen molar-refractivity contribution in [1.82, 2.24) is 4.98 Å². The minimum Gasteiger partial charge on any atom is -0.252 e. The fraction of sp³-hybridized carbons (Fsp3) is 0.125. The van der Waals surface area contributed by atoms with Crippen molar-refractivity contribution >= 4 is 20.7 Å². The lowest BCUT2D eigenvalue weighted by Crippen LogP contribution is -2.07. The summed E-state index contributed by atoms with van der Waals surface area (Å²) in [5, 5.41) is 0.405. The predicted molar refractivity (Wildman–Crippen MR) is 115 cm³/mol. The summed E-state index contributed by atoms with van der Waals surface area (Å²) < 4.78 is 64.3. The molecular weight excluding hydrogens is 423 g/mol. The summed E-state index contributed by atoms with van der Waals surface area (Å²) in [6.07, 6.45) is -3.36. The van der Waals surface area contributed by atoms with E-state index in [0.717, 1.165) is 23.4 Å². The third-order valence-corrected chi connectivity index (χ3v) is 6.15. The fourth-order valence-electron chi connectivity index (χ4n) is 3.62. The van der Waals surface area contributed by atoms with Gasteiger partial charge in [0.05, 0.1) is 16.0 Å². The molecule has 4 rings (SSSR count). The molecule has 0 unspecified atom stereocenters. The van der Waals surface area contributed by atoms with Gasteiger partial charge >= 0.3 is 6.18 Å². The summed E-state index contributed by atoms with van der Waals surface area (Å²) in [6, 6.07) is 19.7. The van der Waals surface area contributed by atoms with Crippen molar-refractivity contribution in [3.05, 3.63) is 84.1 Å². The van der Waals surface area contributed by atoms with Gasteiger partial charge in [-0.25, -0.2) is 8.42 Å². The largest absolute Gasteiger partial charge is 0.418 e. The van der Waals surface area contributed by atoms with Gasteiger partial charge in [-0.1, -0.05) is 42.5 Å². The Labute approximate surface area is 178 Å². The zero-order valence-corrected chi connectivity index (χ0v) is 17.6. The summed E-state index contributed by atoms with van der Waals surface area (Å²) in [5.74, 6) is 0. The number of hydrogen-bond acceptors (Lipinski definition) is 3. The third-order valence-electron chi connectivity index (χ3n) is 5.04. The van der Waals surface area contributed by atoms with Gasteiger partial charge in [-0.2, -0.15) is 13.2 Å². The maximum atomic E-state index is 13.5. The molecule has 3 nitrogen and oxygen atoms in total. The van der Waals surface area contributed by atoms with E-state index in [4.69, 9.17) is 0 Å². The molecule has 0 saturated heterocycles. The molecule has 158 valence electrons. The molecule has 0 aliphatic carbocycles. The summed E-state index contributed by atoms with van der Waals surface area (Å²) in [7, 11) is -3.36. The number of sulfone groups is 1. The zero-order valence-electron chi connectivity index (χ0n) is 16.7. The standard InChI is InChI=1S/C24H18F3NO2S/c1-15-12-21(20-10-5-11-22(23(20)28-15)24(25,26)27)18-8-3-6-16(13-18)17-7-4-9-19(14-17)31(2,29)30/h3-14H,1-2H3. The maximum Gasteiger partial charge on any atom is 0.418 e. The Morgan fingerprint density at radius 2 is 1.42 bits per heavy atom. The SMILES string of the molecule is Cc1cc(-c2cccc(-c3cccc(S(C)(=O)=O)c3)c2)c2cccc(C(F)(F)F)c2n1. The molecule has 1 heterocycles. The van der Waals surface area contributed by atoms with Gasteiger partial charge < -0.3 is 0 Å². The fourth-order valence-corrected chi connectivity index (χ4v) is 4.28. The molecule has 31 heavy (non-hydrogen) atoms. The highest BCUT2D eigenvalue weighted by atomic mass is 32.2. The van der Waals surface area contributed by atoms with Crippen molar-refractivity contribution in [3.63, 3.8) is 0 Å². The first kappa shape index (κ1) is 21.1. The van der Waals surface area contributed by atoms with E-state index in [1.807, 2.05) is 18.2 Å². The van der Waals surface area contributed by atoms with Crippen LogP contribution in [0.5, 0.6) is 0 Å². The Balaban J connectivity index is 1.91. The van der Waals surface area contributed by atoms with Crippen molar-refractivity contribution in [2.24, 2.45) is 0 Å². The van der Waals surface area contributed by atoms with Gasteiger partial charge in [-0.3, -0.25) is 4.98 Å². The van der Waals surface area contributed by atoms with E-state index in [9.17, 15) is 21.6 Å². The number of pyridine rings is 1. The molecule has 0 radical (unpaired) electrons. The molecule has 0 aliphatic rings. The quantitative estimate of drug-likeness (QED) is 0.375. The summed E-state index contributed by atoms with van der Waals surface area (Å²) in [5.41, 5.74) is 2.44. The molecule has 0 spiro atoms. The molecule has 0 bridgehead atoms. The molecule has 0 saturated carbocycles. The molecular formula is C24H18F3NO2S. The van der Waals surface area contributed by atoms with Crippen LogP contribution in [0.15, 0.2) is 77.7 Å². The van der Waals surface area contributed by atoms with E-state index in [0.29, 0.717) is 22.2 Å². The second-order valence-electron chi connectivity index (χ2n) is 7.39. The Morgan fingerprint density at radius 3 is 2.10 bits per heavy atom. The average molecular weight is 441 g/mol. The highest BCUT2D eigenvalue weighted by molar-refractivity contribution is 7.90. The van der Waals surface area contributed by atoms with E-state index in [1.54, 1.807) is 43.3 Å². The van der Waals surface area contributed by atoms with E-state index >= 15 is 0 Å². The average Bonchev–Trinajstić information content (AvgIpc) is 2.71. The first-order valence-electron chi connectivity index (χ1n) is 9.42. The Hall–Kier alpha value is -3.19. The summed E-state index contributed by atoms with van der Waals surface area (Å²) in [6.45, 7) is 1.66.